The lowest BCUT2D eigenvalue weighted by Gasteiger charge is -2.27. The number of phenols is 1. The Hall–Kier alpha value is -2.96. The van der Waals surface area contributed by atoms with Crippen LogP contribution in [-0.2, 0) is 10.8 Å². The quantitative estimate of drug-likeness (QED) is 0.526. The Morgan fingerprint density at radius 2 is 1.59 bits per heavy atom. The van der Waals surface area contributed by atoms with Crippen molar-refractivity contribution in [1.29, 1.82) is 0 Å². The molecule has 3 aromatic rings. The highest BCUT2D eigenvalue weighted by molar-refractivity contribution is 5.77. The molecule has 7 heteroatoms. The molecule has 142 valence electrons. The molecule has 7 nitrogen and oxygen atoms in total. The second kappa shape index (κ2) is 6.04. The number of rotatable bonds is 2. The van der Waals surface area contributed by atoms with Crippen LogP contribution < -0.4 is 0 Å². The molecule has 0 amide bonds. The normalized spacial score (nSPS) is 12.5. The Labute approximate surface area is 157 Å². The van der Waals surface area contributed by atoms with E-state index >= 15 is 0 Å². The van der Waals surface area contributed by atoms with Gasteiger partial charge in [0.25, 0.3) is 5.69 Å². The van der Waals surface area contributed by atoms with Gasteiger partial charge in [-0.05, 0) is 28.5 Å². The van der Waals surface area contributed by atoms with Gasteiger partial charge in [-0.2, -0.15) is 0 Å². The number of benzene rings is 2. The SMILES string of the molecule is CC(C)(C)c1cc(-n2nc3ccc([N+](=O)[O-])cc3n2)c(O)c(C(C)(C)C)c1. The maximum absolute atomic E-state index is 11.0. The van der Waals surface area contributed by atoms with E-state index in [4.69, 9.17) is 0 Å². The lowest BCUT2D eigenvalue weighted by atomic mass is 9.80. The largest absolute Gasteiger partial charge is 0.505 e. The summed E-state index contributed by atoms with van der Waals surface area (Å²) in [5.74, 6) is 0.116. The van der Waals surface area contributed by atoms with E-state index in [0.717, 1.165) is 11.1 Å². The third-order valence-corrected chi connectivity index (χ3v) is 4.55. The first-order chi connectivity index (χ1) is 12.4. The molecule has 0 saturated heterocycles. The van der Waals surface area contributed by atoms with Crippen molar-refractivity contribution in [2.75, 3.05) is 0 Å². The van der Waals surface area contributed by atoms with Crippen LogP contribution in [0, 0.1) is 10.1 Å². The molecule has 0 aliphatic carbocycles. The first kappa shape index (κ1) is 18.8. The number of phenolic OH excluding ortho intramolecular Hbond substituents is 1. The number of nitro groups is 1. The van der Waals surface area contributed by atoms with Crippen LogP contribution in [0.2, 0.25) is 0 Å². The third-order valence-electron chi connectivity index (χ3n) is 4.55. The van der Waals surface area contributed by atoms with E-state index in [2.05, 4.69) is 31.0 Å². The number of hydrogen-bond donors (Lipinski definition) is 1. The number of aromatic hydroxyl groups is 1. The summed E-state index contributed by atoms with van der Waals surface area (Å²) < 4.78 is 0. The minimum Gasteiger partial charge on any atom is -0.505 e. The van der Waals surface area contributed by atoms with Gasteiger partial charge in [-0.25, -0.2) is 0 Å². The highest BCUT2D eigenvalue weighted by atomic mass is 16.6. The Balaban J connectivity index is 2.27. The third kappa shape index (κ3) is 3.49. The smallest absolute Gasteiger partial charge is 0.271 e. The molecule has 0 spiro atoms. The van der Waals surface area contributed by atoms with Crippen LogP contribution in [-0.4, -0.2) is 25.0 Å². The van der Waals surface area contributed by atoms with Gasteiger partial charge in [-0.3, -0.25) is 10.1 Å². The fraction of sp³-hybridized carbons (Fsp3) is 0.400. The zero-order valence-corrected chi connectivity index (χ0v) is 16.4. The minimum atomic E-state index is -0.464. The van der Waals surface area contributed by atoms with Crippen LogP contribution in [0.4, 0.5) is 5.69 Å². The summed E-state index contributed by atoms with van der Waals surface area (Å²) in [5, 5.41) is 30.7. The fourth-order valence-corrected chi connectivity index (χ4v) is 2.90. The second-order valence-electron chi connectivity index (χ2n) is 8.81. The lowest BCUT2D eigenvalue weighted by Crippen LogP contribution is -2.18. The molecule has 27 heavy (non-hydrogen) atoms. The average Bonchev–Trinajstić information content (AvgIpc) is 2.95. The van der Waals surface area contributed by atoms with Gasteiger partial charge in [0.1, 0.15) is 22.5 Å². The van der Waals surface area contributed by atoms with Crippen molar-refractivity contribution in [2.24, 2.45) is 0 Å². The fourth-order valence-electron chi connectivity index (χ4n) is 2.90. The summed E-state index contributed by atoms with van der Waals surface area (Å²) in [4.78, 5) is 11.9. The van der Waals surface area contributed by atoms with E-state index in [1.54, 1.807) is 6.07 Å². The van der Waals surface area contributed by atoms with Crippen LogP contribution in [0.25, 0.3) is 16.7 Å². The van der Waals surface area contributed by atoms with Gasteiger partial charge in [0.15, 0.2) is 0 Å². The molecule has 1 N–H and O–H groups in total. The molecule has 0 radical (unpaired) electrons. The van der Waals surface area contributed by atoms with Crippen LogP contribution in [0.15, 0.2) is 30.3 Å². The van der Waals surface area contributed by atoms with E-state index in [9.17, 15) is 15.2 Å². The Kier molecular flexibility index (Phi) is 4.21. The summed E-state index contributed by atoms with van der Waals surface area (Å²) in [6, 6.07) is 8.23. The van der Waals surface area contributed by atoms with Crippen LogP contribution in [0.5, 0.6) is 5.75 Å². The van der Waals surface area contributed by atoms with Crippen molar-refractivity contribution in [3.05, 3.63) is 51.6 Å². The molecule has 0 saturated carbocycles. The number of aromatic nitrogens is 3. The summed E-state index contributed by atoms with van der Waals surface area (Å²) in [7, 11) is 0. The standard InChI is InChI=1S/C20H24N4O3/c1-19(2,3)12-9-14(20(4,5)6)18(25)17(10-12)23-21-15-8-7-13(24(26)27)11-16(15)22-23/h7-11,25H,1-6H3. The molecular formula is C20H24N4O3. The molecule has 0 aliphatic rings. The Bertz CT molecular complexity index is 1040. The predicted octanol–water partition coefficient (Wildman–Crippen LogP) is 4.63. The maximum atomic E-state index is 11.0. The lowest BCUT2D eigenvalue weighted by molar-refractivity contribution is -0.384. The van der Waals surface area contributed by atoms with Crippen LogP contribution in [0.1, 0.15) is 52.7 Å². The molecule has 0 unspecified atom stereocenters. The molecule has 3 rings (SSSR count). The van der Waals surface area contributed by atoms with Crippen molar-refractivity contribution in [2.45, 2.75) is 52.4 Å². The second-order valence-corrected chi connectivity index (χ2v) is 8.81. The van der Waals surface area contributed by atoms with Crippen molar-refractivity contribution < 1.29 is 10.0 Å². The molecule has 0 atom stereocenters. The van der Waals surface area contributed by atoms with Crippen LogP contribution in [0.3, 0.4) is 0 Å². The van der Waals surface area contributed by atoms with E-state index in [0.29, 0.717) is 16.7 Å². The Morgan fingerprint density at radius 3 is 2.15 bits per heavy atom. The van der Waals surface area contributed by atoms with E-state index < -0.39 is 4.92 Å². The van der Waals surface area contributed by atoms with E-state index in [-0.39, 0.29) is 22.3 Å². The molecule has 0 aliphatic heterocycles. The van der Waals surface area contributed by atoms with Gasteiger partial charge in [0, 0.05) is 17.7 Å². The van der Waals surface area contributed by atoms with E-state index in [1.165, 1.54) is 16.9 Å². The van der Waals surface area contributed by atoms with Gasteiger partial charge in [0.2, 0.25) is 0 Å². The zero-order chi connectivity index (χ0) is 20.1. The van der Waals surface area contributed by atoms with Crippen LogP contribution >= 0.6 is 0 Å². The van der Waals surface area contributed by atoms with Crippen molar-refractivity contribution in [1.82, 2.24) is 15.0 Å². The molecule has 1 aromatic heterocycles. The maximum Gasteiger partial charge on any atom is 0.271 e. The summed E-state index contributed by atoms with van der Waals surface area (Å²) in [5.41, 5.74) is 2.80. The first-order valence-corrected chi connectivity index (χ1v) is 8.78. The monoisotopic (exact) mass is 368 g/mol. The first-order valence-electron chi connectivity index (χ1n) is 8.78. The molecule has 1 heterocycles. The number of fused-ring (bicyclic) bond motifs is 1. The predicted molar refractivity (Wildman–Crippen MR) is 105 cm³/mol. The van der Waals surface area contributed by atoms with Gasteiger partial charge >= 0.3 is 0 Å². The summed E-state index contributed by atoms with van der Waals surface area (Å²) in [6.45, 7) is 12.4. The van der Waals surface area contributed by atoms with Gasteiger partial charge in [-0.1, -0.05) is 47.6 Å². The van der Waals surface area contributed by atoms with Gasteiger partial charge in [-0.15, -0.1) is 15.0 Å². The number of non-ortho nitro benzene ring substituents is 1. The molecule has 0 bridgehead atoms. The highest BCUT2D eigenvalue weighted by Gasteiger charge is 2.26. The summed E-state index contributed by atoms with van der Waals surface area (Å²) in [6.07, 6.45) is 0. The Morgan fingerprint density at radius 1 is 0.963 bits per heavy atom. The van der Waals surface area contributed by atoms with E-state index in [1.807, 2.05) is 32.9 Å². The number of hydrogen-bond acceptors (Lipinski definition) is 5. The zero-order valence-electron chi connectivity index (χ0n) is 16.4. The molecule has 0 fully saturated rings. The molecule has 2 aromatic carbocycles. The minimum absolute atomic E-state index is 0.0439. The number of nitro benzene ring substituents is 1. The summed E-state index contributed by atoms with van der Waals surface area (Å²) >= 11 is 0. The topological polar surface area (TPSA) is 94.1 Å². The van der Waals surface area contributed by atoms with Crippen molar-refractivity contribution in [3.63, 3.8) is 0 Å². The van der Waals surface area contributed by atoms with Gasteiger partial charge in [0.05, 0.1) is 4.92 Å². The van der Waals surface area contributed by atoms with Crippen molar-refractivity contribution in [3.8, 4) is 11.4 Å². The number of nitrogens with zero attached hydrogens (tertiary/aromatic N) is 4. The average molecular weight is 368 g/mol. The highest BCUT2D eigenvalue weighted by Crippen LogP contribution is 2.39. The van der Waals surface area contributed by atoms with Gasteiger partial charge < -0.3 is 5.11 Å². The molecular weight excluding hydrogens is 344 g/mol. The van der Waals surface area contributed by atoms with Crippen molar-refractivity contribution >= 4 is 16.7 Å².